The van der Waals surface area contributed by atoms with Gasteiger partial charge in [0.25, 0.3) is 0 Å². The molecule has 0 aliphatic heterocycles. The normalized spacial score (nSPS) is 11.9. The van der Waals surface area contributed by atoms with Gasteiger partial charge in [0.2, 0.25) is 10.0 Å². The minimum atomic E-state index is -3.62. The molecule has 0 aliphatic carbocycles. The lowest BCUT2D eigenvalue weighted by molar-refractivity contribution is 0.576. The molecule has 0 spiro atoms. The summed E-state index contributed by atoms with van der Waals surface area (Å²) in [6.07, 6.45) is 7.06. The molecule has 0 aliphatic rings. The van der Waals surface area contributed by atoms with Crippen LogP contribution in [-0.2, 0) is 23.0 Å². The number of H-pyrrole nitrogens is 1. The number of anilines is 1. The van der Waals surface area contributed by atoms with E-state index in [1.807, 2.05) is 6.92 Å². The van der Waals surface area contributed by atoms with E-state index in [-0.39, 0.29) is 10.7 Å². The zero-order chi connectivity index (χ0) is 15.3. The van der Waals surface area contributed by atoms with Crippen LogP contribution in [-0.4, -0.2) is 34.7 Å². The van der Waals surface area contributed by atoms with Crippen molar-refractivity contribution in [1.29, 1.82) is 0 Å². The van der Waals surface area contributed by atoms with Gasteiger partial charge in [0.05, 0.1) is 0 Å². The van der Waals surface area contributed by atoms with Crippen LogP contribution in [0.2, 0.25) is 0 Å². The van der Waals surface area contributed by atoms with Gasteiger partial charge in [-0.25, -0.2) is 18.1 Å². The largest absolute Gasteiger partial charge is 0.381 e. The van der Waals surface area contributed by atoms with E-state index < -0.39 is 10.0 Å². The van der Waals surface area contributed by atoms with Crippen molar-refractivity contribution < 1.29 is 8.42 Å². The molecule has 2 rings (SSSR count). The lowest BCUT2D eigenvalue weighted by atomic mass is 10.3. The molecular formula is C12H20N6O2S. The molecule has 4 N–H and O–H groups in total. The van der Waals surface area contributed by atoms with Gasteiger partial charge in [-0.1, -0.05) is 6.92 Å². The molecule has 0 fully saturated rings. The van der Waals surface area contributed by atoms with E-state index in [0.717, 1.165) is 12.2 Å². The van der Waals surface area contributed by atoms with Gasteiger partial charge in [-0.2, -0.15) is 5.10 Å². The Bertz CT molecular complexity index is 662. The van der Waals surface area contributed by atoms with Crippen LogP contribution in [0.1, 0.15) is 25.6 Å². The summed E-state index contributed by atoms with van der Waals surface area (Å²) in [5, 5.41) is 4.00. The van der Waals surface area contributed by atoms with Gasteiger partial charge in [0.15, 0.2) is 5.82 Å². The highest BCUT2D eigenvalue weighted by molar-refractivity contribution is 7.89. The van der Waals surface area contributed by atoms with Gasteiger partial charge in [0, 0.05) is 38.1 Å². The molecular weight excluding hydrogens is 292 g/mol. The number of nitrogens with one attached hydrogen (secondary N) is 2. The van der Waals surface area contributed by atoms with Crippen molar-refractivity contribution >= 4 is 15.8 Å². The number of imidazole rings is 1. The molecule has 0 amide bonds. The molecule has 0 saturated carbocycles. The second-order valence-electron chi connectivity index (χ2n) is 4.68. The van der Waals surface area contributed by atoms with Gasteiger partial charge in [0.1, 0.15) is 10.7 Å². The second kappa shape index (κ2) is 6.72. The first kappa shape index (κ1) is 15.5. The Morgan fingerprint density at radius 1 is 1.48 bits per heavy atom. The molecule has 0 radical (unpaired) electrons. The Labute approximate surface area is 123 Å². The summed E-state index contributed by atoms with van der Waals surface area (Å²) in [7, 11) is -3.62. The van der Waals surface area contributed by atoms with Crippen LogP contribution < -0.4 is 10.5 Å². The van der Waals surface area contributed by atoms with Gasteiger partial charge < -0.3 is 10.7 Å². The number of aryl methyl sites for hydroxylation is 2. The van der Waals surface area contributed by atoms with Crippen LogP contribution in [0.4, 0.5) is 5.82 Å². The van der Waals surface area contributed by atoms with Gasteiger partial charge >= 0.3 is 0 Å². The van der Waals surface area contributed by atoms with E-state index >= 15 is 0 Å². The number of nitrogen functional groups attached to an aromatic ring is 1. The number of hydrogen-bond donors (Lipinski definition) is 3. The summed E-state index contributed by atoms with van der Waals surface area (Å²) in [6.45, 7) is 2.94. The Hall–Kier alpha value is -1.87. The number of aromatic nitrogens is 4. The first-order valence-corrected chi connectivity index (χ1v) is 8.32. The number of nitrogens with zero attached hydrogens (tertiary/aromatic N) is 3. The van der Waals surface area contributed by atoms with Crippen molar-refractivity contribution in [1.82, 2.24) is 24.5 Å². The van der Waals surface area contributed by atoms with E-state index in [9.17, 15) is 8.42 Å². The Balaban J connectivity index is 1.91. The molecule has 2 heterocycles. The fraction of sp³-hybridized carbons (Fsp3) is 0.500. The average molecular weight is 312 g/mol. The molecule has 9 heteroatoms. The SMILES string of the molecule is CCCn1cc(S(=O)(=O)NCCCc2ncc[nH]2)c(N)n1. The highest BCUT2D eigenvalue weighted by atomic mass is 32.2. The molecule has 0 atom stereocenters. The Morgan fingerprint density at radius 3 is 2.95 bits per heavy atom. The van der Waals surface area contributed by atoms with Crippen molar-refractivity contribution in [3.05, 3.63) is 24.4 Å². The van der Waals surface area contributed by atoms with Crippen molar-refractivity contribution in [2.24, 2.45) is 0 Å². The minimum Gasteiger partial charge on any atom is -0.381 e. The van der Waals surface area contributed by atoms with Crippen molar-refractivity contribution in [3.8, 4) is 0 Å². The average Bonchev–Trinajstić information content (AvgIpc) is 3.05. The fourth-order valence-corrected chi connectivity index (χ4v) is 3.09. The fourth-order valence-electron chi connectivity index (χ4n) is 1.94. The third kappa shape index (κ3) is 4.05. The quantitative estimate of drug-likeness (QED) is 0.614. The van der Waals surface area contributed by atoms with Gasteiger partial charge in [-0.15, -0.1) is 0 Å². The van der Waals surface area contributed by atoms with Crippen molar-refractivity contribution in [2.45, 2.75) is 37.6 Å². The van der Waals surface area contributed by atoms with Crippen LogP contribution in [0, 0.1) is 0 Å². The van der Waals surface area contributed by atoms with Gasteiger partial charge in [-0.3, -0.25) is 4.68 Å². The maximum Gasteiger partial charge on any atom is 0.245 e. The number of hydrogen-bond acceptors (Lipinski definition) is 5. The molecule has 0 saturated heterocycles. The van der Waals surface area contributed by atoms with E-state index in [0.29, 0.717) is 25.9 Å². The highest BCUT2D eigenvalue weighted by Crippen LogP contribution is 2.16. The van der Waals surface area contributed by atoms with Crippen LogP contribution >= 0.6 is 0 Å². The smallest absolute Gasteiger partial charge is 0.245 e. The molecule has 21 heavy (non-hydrogen) atoms. The summed E-state index contributed by atoms with van der Waals surface area (Å²) in [5.74, 6) is 0.867. The summed E-state index contributed by atoms with van der Waals surface area (Å²) in [6, 6.07) is 0. The molecule has 0 unspecified atom stereocenters. The van der Waals surface area contributed by atoms with Crippen molar-refractivity contribution in [2.75, 3.05) is 12.3 Å². The van der Waals surface area contributed by atoms with Crippen LogP contribution in [0.5, 0.6) is 0 Å². The number of rotatable bonds is 8. The van der Waals surface area contributed by atoms with E-state index in [2.05, 4.69) is 19.8 Å². The summed E-state index contributed by atoms with van der Waals surface area (Å²) in [5.41, 5.74) is 5.67. The predicted molar refractivity (Wildman–Crippen MR) is 79.0 cm³/mol. The maximum atomic E-state index is 12.2. The number of sulfonamides is 1. The summed E-state index contributed by atoms with van der Waals surface area (Å²) in [4.78, 5) is 7.09. The van der Waals surface area contributed by atoms with Crippen LogP contribution in [0.3, 0.4) is 0 Å². The summed E-state index contributed by atoms with van der Waals surface area (Å²) >= 11 is 0. The predicted octanol–water partition coefficient (Wildman–Crippen LogP) is 0.509. The standard InChI is InChI=1S/C12H20N6O2S/c1-2-8-18-9-10(12(13)17-18)21(19,20)16-5-3-4-11-14-6-7-15-11/h6-7,9,16H,2-5,8H2,1H3,(H2,13,17)(H,14,15). The molecule has 8 nitrogen and oxygen atoms in total. The van der Waals surface area contributed by atoms with Crippen molar-refractivity contribution in [3.63, 3.8) is 0 Å². The Morgan fingerprint density at radius 2 is 2.29 bits per heavy atom. The third-order valence-corrected chi connectivity index (χ3v) is 4.41. The van der Waals surface area contributed by atoms with E-state index in [4.69, 9.17) is 5.73 Å². The lowest BCUT2D eigenvalue weighted by Crippen LogP contribution is -2.25. The topological polar surface area (TPSA) is 119 Å². The zero-order valence-electron chi connectivity index (χ0n) is 11.9. The molecule has 2 aromatic rings. The molecule has 0 aromatic carbocycles. The number of nitrogens with two attached hydrogens (primary N) is 1. The number of aromatic amines is 1. The first-order valence-electron chi connectivity index (χ1n) is 6.83. The lowest BCUT2D eigenvalue weighted by Gasteiger charge is -2.04. The highest BCUT2D eigenvalue weighted by Gasteiger charge is 2.20. The Kier molecular flexibility index (Phi) is 4.97. The van der Waals surface area contributed by atoms with E-state index in [1.54, 1.807) is 17.1 Å². The van der Waals surface area contributed by atoms with E-state index in [1.165, 1.54) is 6.20 Å². The molecule has 2 aromatic heterocycles. The van der Waals surface area contributed by atoms with Crippen LogP contribution in [0.15, 0.2) is 23.5 Å². The molecule has 116 valence electrons. The van der Waals surface area contributed by atoms with Crippen LogP contribution in [0.25, 0.3) is 0 Å². The monoisotopic (exact) mass is 312 g/mol. The molecule has 0 bridgehead atoms. The zero-order valence-corrected chi connectivity index (χ0v) is 12.7. The van der Waals surface area contributed by atoms with Gasteiger partial charge in [-0.05, 0) is 12.8 Å². The third-order valence-electron chi connectivity index (χ3n) is 2.93. The minimum absolute atomic E-state index is 0.0296. The maximum absolute atomic E-state index is 12.2. The second-order valence-corrected chi connectivity index (χ2v) is 6.41. The summed E-state index contributed by atoms with van der Waals surface area (Å²) < 4.78 is 28.4. The first-order chi connectivity index (χ1) is 10.0.